The predicted molar refractivity (Wildman–Crippen MR) is 98.1 cm³/mol. The summed E-state index contributed by atoms with van der Waals surface area (Å²) in [5.41, 5.74) is -0.0611. The average molecular weight is 391 g/mol. The minimum atomic E-state index is -1.18. The zero-order chi connectivity index (χ0) is 19.6. The third-order valence-electron chi connectivity index (χ3n) is 4.36. The summed E-state index contributed by atoms with van der Waals surface area (Å²) in [6, 6.07) is 9.94. The molecule has 27 heavy (non-hydrogen) atoms. The molecular formula is C19H16ClFN2O4. The molecule has 0 aromatic heterocycles. The monoisotopic (exact) mass is 390 g/mol. The Kier molecular flexibility index (Phi) is 5.14. The molecule has 2 aromatic carbocycles. The Labute approximate surface area is 159 Å². The van der Waals surface area contributed by atoms with Gasteiger partial charge in [0.15, 0.2) is 0 Å². The fourth-order valence-corrected chi connectivity index (χ4v) is 2.75. The van der Waals surface area contributed by atoms with Crippen molar-refractivity contribution in [3.63, 3.8) is 0 Å². The molecule has 8 heteroatoms. The van der Waals surface area contributed by atoms with E-state index in [0.29, 0.717) is 29.8 Å². The average Bonchev–Trinajstić information content (AvgIpc) is 3.47. The Morgan fingerprint density at radius 1 is 1.00 bits per heavy atom. The Hall–Kier alpha value is -2.93. The summed E-state index contributed by atoms with van der Waals surface area (Å²) in [5.74, 6) is -2.00. The highest BCUT2D eigenvalue weighted by molar-refractivity contribution is 6.31. The van der Waals surface area contributed by atoms with Crippen LogP contribution in [0.15, 0.2) is 42.5 Å². The summed E-state index contributed by atoms with van der Waals surface area (Å²) >= 11 is 5.70. The second-order valence-corrected chi connectivity index (χ2v) is 6.60. The van der Waals surface area contributed by atoms with Crippen molar-refractivity contribution < 1.29 is 23.5 Å². The molecule has 1 fully saturated rings. The molecular weight excluding hydrogens is 375 g/mol. The topological polar surface area (TPSA) is 84.5 Å². The normalized spacial score (nSPS) is 14.2. The van der Waals surface area contributed by atoms with Gasteiger partial charge in [-0.1, -0.05) is 11.6 Å². The van der Waals surface area contributed by atoms with E-state index in [2.05, 4.69) is 15.4 Å². The fraction of sp³-hybridized carbons (Fsp3) is 0.211. The number of carbonyl (C=O) groups is 3. The largest absolute Gasteiger partial charge is 0.465 e. The first kappa shape index (κ1) is 18.8. The molecule has 140 valence electrons. The number of methoxy groups -OCH3 is 1. The first-order chi connectivity index (χ1) is 12.9. The SMILES string of the molecule is COC(=O)c1ccc(NC(=O)C2(C(=O)Nc3ccc(F)c(Cl)c3)CC2)cc1. The number of esters is 1. The van der Waals surface area contributed by atoms with E-state index in [1.165, 1.54) is 31.4 Å². The van der Waals surface area contributed by atoms with Crippen LogP contribution in [0.2, 0.25) is 5.02 Å². The Morgan fingerprint density at radius 2 is 1.56 bits per heavy atom. The van der Waals surface area contributed by atoms with Gasteiger partial charge < -0.3 is 15.4 Å². The van der Waals surface area contributed by atoms with Gasteiger partial charge in [0.1, 0.15) is 11.2 Å². The van der Waals surface area contributed by atoms with Crippen molar-refractivity contribution in [2.45, 2.75) is 12.8 Å². The third-order valence-corrected chi connectivity index (χ3v) is 4.65. The summed E-state index contributed by atoms with van der Waals surface area (Å²) in [7, 11) is 1.28. The van der Waals surface area contributed by atoms with Crippen LogP contribution < -0.4 is 10.6 Å². The molecule has 0 atom stereocenters. The van der Waals surface area contributed by atoms with Crippen LogP contribution in [0, 0.1) is 11.2 Å². The summed E-state index contributed by atoms with van der Waals surface area (Å²) in [4.78, 5) is 36.5. The Morgan fingerprint density at radius 3 is 2.07 bits per heavy atom. The zero-order valence-corrected chi connectivity index (χ0v) is 15.1. The maximum absolute atomic E-state index is 13.2. The van der Waals surface area contributed by atoms with E-state index >= 15 is 0 Å². The molecule has 0 saturated heterocycles. The number of hydrogen-bond donors (Lipinski definition) is 2. The molecule has 2 aromatic rings. The number of hydrogen-bond acceptors (Lipinski definition) is 4. The van der Waals surface area contributed by atoms with Crippen LogP contribution in [0.1, 0.15) is 23.2 Å². The standard InChI is InChI=1S/C19H16ClFN2O4/c1-27-16(24)11-2-4-12(5-3-11)22-17(25)19(8-9-19)18(26)23-13-6-7-15(21)14(20)10-13/h2-7,10H,8-9H2,1H3,(H,22,25)(H,23,26). The van der Waals surface area contributed by atoms with Gasteiger partial charge in [0.25, 0.3) is 0 Å². The van der Waals surface area contributed by atoms with Crippen molar-refractivity contribution in [1.82, 2.24) is 0 Å². The second kappa shape index (κ2) is 7.36. The molecule has 1 aliphatic carbocycles. The highest BCUT2D eigenvalue weighted by atomic mass is 35.5. The molecule has 0 radical (unpaired) electrons. The molecule has 0 aliphatic heterocycles. The lowest BCUT2D eigenvalue weighted by Crippen LogP contribution is -2.35. The lowest BCUT2D eigenvalue weighted by Gasteiger charge is -2.16. The zero-order valence-electron chi connectivity index (χ0n) is 14.3. The van der Waals surface area contributed by atoms with E-state index in [1.54, 1.807) is 12.1 Å². The molecule has 1 saturated carbocycles. The van der Waals surface area contributed by atoms with Gasteiger partial charge in [-0.25, -0.2) is 9.18 Å². The van der Waals surface area contributed by atoms with E-state index in [0.717, 1.165) is 6.07 Å². The maximum atomic E-state index is 13.2. The van der Waals surface area contributed by atoms with Gasteiger partial charge in [0, 0.05) is 11.4 Å². The van der Waals surface area contributed by atoms with Crippen LogP contribution >= 0.6 is 11.6 Å². The van der Waals surface area contributed by atoms with Crippen molar-refractivity contribution in [3.8, 4) is 0 Å². The summed E-state index contributed by atoms with van der Waals surface area (Å²) in [6.45, 7) is 0. The lowest BCUT2D eigenvalue weighted by atomic mass is 10.0. The number of carbonyl (C=O) groups excluding carboxylic acids is 3. The van der Waals surface area contributed by atoms with E-state index in [1.807, 2.05) is 0 Å². The molecule has 0 unspecified atom stereocenters. The van der Waals surface area contributed by atoms with Gasteiger partial charge in [0.05, 0.1) is 17.7 Å². The van der Waals surface area contributed by atoms with Crippen LogP contribution in [0.25, 0.3) is 0 Å². The van der Waals surface area contributed by atoms with E-state index < -0.39 is 29.0 Å². The van der Waals surface area contributed by atoms with Crippen LogP contribution in [-0.2, 0) is 14.3 Å². The smallest absolute Gasteiger partial charge is 0.337 e. The number of ether oxygens (including phenoxy) is 1. The molecule has 2 N–H and O–H groups in total. The van der Waals surface area contributed by atoms with Gasteiger partial charge in [-0.3, -0.25) is 9.59 Å². The minimum Gasteiger partial charge on any atom is -0.465 e. The maximum Gasteiger partial charge on any atom is 0.337 e. The van der Waals surface area contributed by atoms with Gasteiger partial charge >= 0.3 is 5.97 Å². The number of halogens is 2. The molecule has 3 rings (SSSR count). The van der Waals surface area contributed by atoms with Gasteiger partial charge in [0.2, 0.25) is 11.8 Å². The van der Waals surface area contributed by atoms with Crippen molar-refractivity contribution in [3.05, 3.63) is 58.9 Å². The lowest BCUT2D eigenvalue weighted by molar-refractivity contribution is -0.131. The quantitative estimate of drug-likeness (QED) is 0.603. The second-order valence-electron chi connectivity index (χ2n) is 6.19. The third kappa shape index (κ3) is 3.93. The first-order valence-corrected chi connectivity index (χ1v) is 8.50. The number of amides is 2. The molecule has 2 amide bonds. The summed E-state index contributed by atoms with van der Waals surface area (Å²) < 4.78 is 17.8. The number of rotatable bonds is 5. The fourth-order valence-electron chi connectivity index (χ4n) is 2.57. The van der Waals surface area contributed by atoms with E-state index in [-0.39, 0.29) is 5.02 Å². The van der Waals surface area contributed by atoms with E-state index in [4.69, 9.17) is 11.6 Å². The van der Waals surface area contributed by atoms with Crippen LogP contribution in [0.5, 0.6) is 0 Å². The molecule has 6 nitrogen and oxygen atoms in total. The van der Waals surface area contributed by atoms with Crippen molar-refractivity contribution in [1.29, 1.82) is 0 Å². The predicted octanol–water partition coefficient (Wildman–Crippen LogP) is 3.62. The molecule has 0 bridgehead atoms. The van der Waals surface area contributed by atoms with Crippen LogP contribution in [-0.4, -0.2) is 24.9 Å². The van der Waals surface area contributed by atoms with E-state index in [9.17, 15) is 18.8 Å². The number of nitrogens with one attached hydrogen (secondary N) is 2. The summed E-state index contributed by atoms with van der Waals surface area (Å²) in [5, 5.41) is 5.16. The van der Waals surface area contributed by atoms with Gasteiger partial charge in [-0.05, 0) is 55.3 Å². The Bertz CT molecular complexity index is 910. The first-order valence-electron chi connectivity index (χ1n) is 8.12. The van der Waals surface area contributed by atoms with Gasteiger partial charge in [-0.2, -0.15) is 0 Å². The number of benzene rings is 2. The highest BCUT2D eigenvalue weighted by Crippen LogP contribution is 2.47. The molecule has 0 heterocycles. The van der Waals surface area contributed by atoms with Crippen LogP contribution in [0.4, 0.5) is 15.8 Å². The van der Waals surface area contributed by atoms with Crippen molar-refractivity contribution in [2.24, 2.45) is 5.41 Å². The molecule has 1 aliphatic rings. The Balaban J connectivity index is 1.67. The number of anilines is 2. The van der Waals surface area contributed by atoms with Gasteiger partial charge in [-0.15, -0.1) is 0 Å². The summed E-state index contributed by atoms with van der Waals surface area (Å²) in [6.07, 6.45) is 0.805. The van der Waals surface area contributed by atoms with Crippen molar-refractivity contribution in [2.75, 3.05) is 17.7 Å². The minimum absolute atomic E-state index is 0.118. The highest BCUT2D eigenvalue weighted by Gasteiger charge is 2.56. The van der Waals surface area contributed by atoms with Crippen molar-refractivity contribution >= 4 is 40.8 Å². The van der Waals surface area contributed by atoms with Crippen LogP contribution in [0.3, 0.4) is 0 Å². The molecule has 0 spiro atoms.